The Labute approximate surface area is 141 Å². The molecule has 0 aliphatic carbocycles. The lowest BCUT2D eigenvalue weighted by molar-refractivity contribution is 0.171. The first kappa shape index (κ1) is 14.7. The number of hydrogen-bond acceptors (Lipinski definition) is 4. The molecular formula is C20H19NO3. The summed E-state index contributed by atoms with van der Waals surface area (Å²) in [5.74, 6) is 2.48. The van der Waals surface area contributed by atoms with E-state index in [-0.39, 0.29) is 0 Å². The van der Waals surface area contributed by atoms with Gasteiger partial charge in [0.2, 0.25) is 0 Å². The van der Waals surface area contributed by atoms with Gasteiger partial charge in [0.25, 0.3) is 0 Å². The molecule has 0 bridgehead atoms. The molecule has 24 heavy (non-hydrogen) atoms. The molecule has 4 nitrogen and oxygen atoms in total. The molecule has 3 aromatic carbocycles. The van der Waals surface area contributed by atoms with Crippen LogP contribution in [-0.4, -0.2) is 20.3 Å². The first-order valence-corrected chi connectivity index (χ1v) is 8.03. The molecule has 0 atom stereocenters. The highest BCUT2D eigenvalue weighted by molar-refractivity contribution is 5.88. The van der Waals surface area contributed by atoms with Gasteiger partial charge in [-0.1, -0.05) is 30.3 Å². The van der Waals surface area contributed by atoms with E-state index < -0.39 is 0 Å². The summed E-state index contributed by atoms with van der Waals surface area (Å²) in [5.41, 5.74) is 2.14. The summed E-state index contributed by atoms with van der Waals surface area (Å²) in [6.07, 6.45) is 0. The lowest BCUT2D eigenvalue weighted by Gasteiger charge is -2.19. The molecule has 3 aromatic rings. The molecule has 0 unspecified atom stereocenters. The number of ether oxygens (including phenoxy) is 3. The van der Waals surface area contributed by atoms with E-state index in [0.29, 0.717) is 19.8 Å². The van der Waals surface area contributed by atoms with Gasteiger partial charge in [-0.2, -0.15) is 0 Å². The smallest absolute Gasteiger partial charge is 0.163 e. The van der Waals surface area contributed by atoms with Crippen LogP contribution in [0.15, 0.2) is 54.6 Å². The van der Waals surface area contributed by atoms with Crippen LogP contribution in [0.1, 0.15) is 5.56 Å². The van der Waals surface area contributed by atoms with Crippen LogP contribution in [-0.2, 0) is 6.54 Å². The summed E-state index contributed by atoms with van der Waals surface area (Å²) in [7, 11) is 1.71. The van der Waals surface area contributed by atoms with Crippen molar-refractivity contribution < 1.29 is 14.2 Å². The third-order valence-electron chi connectivity index (χ3n) is 4.23. The molecule has 4 heteroatoms. The summed E-state index contributed by atoms with van der Waals surface area (Å²) in [6.45, 7) is 1.87. The molecule has 0 spiro atoms. The highest BCUT2D eigenvalue weighted by atomic mass is 16.6. The lowest BCUT2D eigenvalue weighted by Crippen LogP contribution is -2.15. The van der Waals surface area contributed by atoms with Crippen molar-refractivity contribution in [3.63, 3.8) is 0 Å². The molecule has 0 aromatic heterocycles. The Morgan fingerprint density at radius 1 is 0.958 bits per heavy atom. The van der Waals surface area contributed by atoms with Gasteiger partial charge >= 0.3 is 0 Å². The zero-order chi connectivity index (χ0) is 16.4. The second-order valence-electron chi connectivity index (χ2n) is 5.68. The van der Waals surface area contributed by atoms with Crippen LogP contribution in [0.2, 0.25) is 0 Å². The van der Waals surface area contributed by atoms with Crippen molar-refractivity contribution in [2.75, 3.05) is 25.6 Å². The molecule has 0 saturated carbocycles. The molecule has 1 N–H and O–H groups in total. The van der Waals surface area contributed by atoms with E-state index in [1.165, 1.54) is 10.8 Å². The molecule has 0 amide bonds. The van der Waals surface area contributed by atoms with Crippen molar-refractivity contribution in [3.05, 3.63) is 60.2 Å². The molecule has 0 radical (unpaired) electrons. The fraction of sp³-hybridized carbons (Fsp3) is 0.200. The summed E-state index contributed by atoms with van der Waals surface area (Å²) in [5, 5.41) is 5.86. The fourth-order valence-corrected chi connectivity index (χ4v) is 3.03. The van der Waals surface area contributed by atoms with Crippen LogP contribution < -0.4 is 19.5 Å². The van der Waals surface area contributed by atoms with E-state index in [1.54, 1.807) is 7.11 Å². The topological polar surface area (TPSA) is 39.7 Å². The summed E-state index contributed by atoms with van der Waals surface area (Å²) >= 11 is 0. The van der Waals surface area contributed by atoms with E-state index in [1.807, 2.05) is 30.3 Å². The van der Waals surface area contributed by atoms with Gasteiger partial charge in [0.1, 0.15) is 19.0 Å². The van der Waals surface area contributed by atoms with Crippen LogP contribution in [0, 0.1) is 0 Å². The van der Waals surface area contributed by atoms with Crippen LogP contribution in [0.3, 0.4) is 0 Å². The van der Waals surface area contributed by atoms with Crippen molar-refractivity contribution in [3.8, 4) is 17.2 Å². The third kappa shape index (κ3) is 2.71. The van der Waals surface area contributed by atoms with Gasteiger partial charge in [0.15, 0.2) is 11.5 Å². The highest BCUT2D eigenvalue weighted by Crippen LogP contribution is 2.34. The van der Waals surface area contributed by atoms with E-state index in [9.17, 15) is 0 Å². The van der Waals surface area contributed by atoms with Crippen molar-refractivity contribution in [2.45, 2.75) is 6.54 Å². The van der Waals surface area contributed by atoms with Crippen molar-refractivity contribution in [2.24, 2.45) is 0 Å². The van der Waals surface area contributed by atoms with E-state index >= 15 is 0 Å². The monoisotopic (exact) mass is 321 g/mol. The maximum absolute atomic E-state index is 5.64. The normalized spacial score (nSPS) is 12.9. The molecule has 4 rings (SSSR count). The maximum Gasteiger partial charge on any atom is 0.163 e. The summed E-state index contributed by atoms with van der Waals surface area (Å²) in [6, 6.07) is 18.4. The van der Waals surface area contributed by atoms with Gasteiger partial charge in [-0.05, 0) is 29.0 Å². The first-order chi connectivity index (χ1) is 11.8. The molecule has 0 fully saturated rings. The Kier molecular flexibility index (Phi) is 3.87. The van der Waals surface area contributed by atoms with E-state index in [2.05, 4.69) is 29.6 Å². The number of nitrogens with one attached hydrogen (secondary N) is 1. The zero-order valence-corrected chi connectivity index (χ0v) is 13.5. The van der Waals surface area contributed by atoms with Crippen LogP contribution in [0.4, 0.5) is 5.69 Å². The zero-order valence-electron chi connectivity index (χ0n) is 13.5. The van der Waals surface area contributed by atoms with Crippen LogP contribution in [0.5, 0.6) is 17.2 Å². The van der Waals surface area contributed by atoms with Crippen LogP contribution >= 0.6 is 0 Å². The minimum Gasteiger partial charge on any atom is -0.496 e. The average Bonchev–Trinajstić information content (AvgIpc) is 2.65. The number of anilines is 1. The minimum atomic E-state index is 0.591. The summed E-state index contributed by atoms with van der Waals surface area (Å²) in [4.78, 5) is 0. The van der Waals surface area contributed by atoms with Gasteiger partial charge in [0.05, 0.1) is 7.11 Å². The van der Waals surface area contributed by atoms with Gasteiger partial charge in [0, 0.05) is 23.9 Å². The standard InChI is InChI=1S/C20H19NO3/c1-22-18-8-6-14-4-2-3-5-16(14)17(18)13-21-15-7-9-19-20(12-15)24-11-10-23-19/h2-9,12,21H,10-11,13H2,1H3. The number of fused-ring (bicyclic) bond motifs is 2. The van der Waals surface area contributed by atoms with Crippen LogP contribution in [0.25, 0.3) is 10.8 Å². The predicted octanol–water partition coefficient (Wildman–Crippen LogP) is 4.23. The Bertz CT molecular complexity index is 876. The van der Waals surface area contributed by atoms with Crippen molar-refractivity contribution >= 4 is 16.5 Å². The Morgan fingerprint density at radius 3 is 2.67 bits per heavy atom. The van der Waals surface area contributed by atoms with E-state index in [0.717, 1.165) is 28.5 Å². The van der Waals surface area contributed by atoms with Crippen molar-refractivity contribution in [1.29, 1.82) is 0 Å². The largest absolute Gasteiger partial charge is 0.496 e. The molecule has 122 valence electrons. The molecule has 0 saturated heterocycles. The SMILES string of the molecule is COc1ccc2ccccc2c1CNc1ccc2c(c1)OCCO2. The minimum absolute atomic E-state index is 0.591. The van der Waals surface area contributed by atoms with E-state index in [4.69, 9.17) is 14.2 Å². The maximum atomic E-state index is 5.64. The van der Waals surface area contributed by atoms with Crippen molar-refractivity contribution in [1.82, 2.24) is 0 Å². The second kappa shape index (κ2) is 6.32. The molecule has 1 heterocycles. The number of methoxy groups -OCH3 is 1. The third-order valence-corrected chi connectivity index (χ3v) is 4.23. The van der Waals surface area contributed by atoms with Gasteiger partial charge in [-0.3, -0.25) is 0 Å². The predicted molar refractivity (Wildman–Crippen MR) is 95.3 cm³/mol. The molecule has 1 aliphatic rings. The number of benzene rings is 3. The Balaban J connectivity index is 1.63. The molecular weight excluding hydrogens is 302 g/mol. The van der Waals surface area contributed by atoms with Gasteiger partial charge in [-0.15, -0.1) is 0 Å². The average molecular weight is 321 g/mol. The van der Waals surface area contributed by atoms with Gasteiger partial charge < -0.3 is 19.5 Å². The second-order valence-corrected chi connectivity index (χ2v) is 5.68. The molecule has 1 aliphatic heterocycles. The quantitative estimate of drug-likeness (QED) is 0.780. The lowest BCUT2D eigenvalue weighted by atomic mass is 10.0. The number of rotatable bonds is 4. The summed E-state index contributed by atoms with van der Waals surface area (Å²) < 4.78 is 16.8. The number of hydrogen-bond donors (Lipinski definition) is 1. The Hall–Kier alpha value is -2.88. The fourth-order valence-electron chi connectivity index (χ4n) is 3.03. The Morgan fingerprint density at radius 2 is 1.79 bits per heavy atom. The highest BCUT2D eigenvalue weighted by Gasteiger charge is 2.12. The van der Waals surface area contributed by atoms with Gasteiger partial charge in [-0.25, -0.2) is 0 Å². The first-order valence-electron chi connectivity index (χ1n) is 8.03.